The fourth-order valence-corrected chi connectivity index (χ4v) is 10.8. The maximum atomic E-state index is 13.1. The molecule has 0 aromatic heterocycles. The maximum Gasteiger partial charge on any atom is 0.302 e. The lowest BCUT2D eigenvalue weighted by Gasteiger charge is -2.67. The summed E-state index contributed by atoms with van der Waals surface area (Å²) in [5.41, 5.74) is -0.811. The van der Waals surface area contributed by atoms with Crippen LogP contribution in [0.25, 0.3) is 0 Å². The highest BCUT2D eigenvalue weighted by Gasteiger charge is 2.71. The first-order valence-electron chi connectivity index (χ1n) is 15.2. The van der Waals surface area contributed by atoms with E-state index in [-0.39, 0.29) is 64.9 Å². The molecule has 2 aliphatic heterocycles. The van der Waals surface area contributed by atoms with Crippen LogP contribution in [0.5, 0.6) is 0 Å². The average molecular weight is 557 g/mol. The zero-order valence-electron chi connectivity index (χ0n) is 25.7. The molecule has 0 radical (unpaired) electrons. The average Bonchev–Trinajstić information content (AvgIpc) is 3.14. The Morgan fingerprint density at radius 1 is 1.10 bits per heavy atom. The molecule has 6 rings (SSSR count). The van der Waals surface area contributed by atoms with Crippen LogP contribution < -0.4 is 0 Å². The number of esters is 1. The summed E-state index contributed by atoms with van der Waals surface area (Å²) in [6.07, 6.45) is 7.77. The molecule has 222 valence electrons. The molecule has 7 nitrogen and oxygen atoms in total. The molecule has 0 spiro atoms. The van der Waals surface area contributed by atoms with Gasteiger partial charge in [0, 0.05) is 36.7 Å². The molecular weight excluding hydrogens is 508 g/mol. The second-order valence-corrected chi connectivity index (χ2v) is 15.4. The molecule has 12 atom stereocenters. The SMILES string of the molecule is COC1OC(C2OC2(C)C)CC1C1CC=C2C1(C)CC(O)C1C3(C)C=CC(=O)C(C)(C)C3CC(OC(C)=O)C21C. The van der Waals surface area contributed by atoms with Crippen LogP contribution in [0.4, 0.5) is 0 Å². The summed E-state index contributed by atoms with van der Waals surface area (Å²) in [4.78, 5) is 25.6. The number of rotatable bonds is 4. The van der Waals surface area contributed by atoms with Crippen molar-refractivity contribution in [3.8, 4) is 0 Å². The summed E-state index contributed by atoms with van der Waals surface area (Å²) in [6, 6.07) is 0. The van der Waals surface area contributed by atoms with E-state index in [0.29, 0.717) is 12.8 Å². The molecule has 4 aliphatic carbocycles. The first-order chi connectivity index (χ1) is 18.5. The number of ketones is 1. The molecular formula is C33H48O7. The highest BCUT2D eigenvalue weighted by atomic mass is 16.7. The van der Waals surface area contributed by atoms with Gasteiger partial charge in [-0.2, -0.15) is 0 Å². The topological polar surface area (TPSA) is 94.6 Å². The Morgan fingerprint density at radius 3 is 2.38 bits per heavy atom. The Hall–Kier alpha value is -1.54. The van der Waals surface area contributed by atoms with Crippen LogP contribution in [0.2, 0.25) is 0 Å². The number of carbonyl (C=O) groups is 2. The maximum absolute atomic E-state index is 13.1. The molecule has 7 heteroatoms. The minimum atomic E-state index is -0.628. The number of methoxy groups -OCH3 is 1. The van der Waals surface area contributed by atoms with Crippen molar-refractivity contribution in [2.75, 3.05) is 7.11 Å². The molecule has 0 aromatic carbocycles. The van der Waals surface area contributed by atoms with Crippen molar-refractivity contribution in [1.29, 1.82) is 0 Å². The van der Waals surface area contributed by atoms with E-state index in [4.69, 9.17) is 18.9 Å². The van der Waals surface area contributed by atoms with E-state index in [1.54, 1.807) is 13.2 Å². The fourth-order valence-electron chi connectivity index (χ4n) is 10.8. The van der Waals surface area contributed by atoms with Crippen LogP contribution in [0.3, 0.4) is 0 Å². The highest BCUT2D eigenvalue weighted by molar-refractivity contribution is 5.95. The van der Waals surface area contributed by atoms with E-state index in [2.05, 4.69) is 46.8 Å². The van der Waals surface area contributed by atoms with Gasteiger partial charge in [0.05, 0.1) is 17.8 Å². The van der Waals surface area contributed by atoms with Gasteiger partial charge in [-0.05, 0) is 68.3 Å². The summed E-state index contributed by atoms with van der Waals surface area (Å²) in [7, 11) is 1.72. The third kappa shape index (κ3) is 3.69. The first-order valence-corrected chi connectivity index (χ1v) is 15.2. The van der Waals surface area contributed by atoms with Crippen LogP contribution in [0, 0.1) is 45.3 Å². The minimum Gasteiger partial charge on any atom is -0.462 e. The van der Waals surface area contributed by atoms with Gasteiger partial charge in [-0.1, -0.05) is 52.3 Å². The number of epoxide rings is 1. The van der Waals surface area contributed by atoms with E-state index in [1.807, 2.05) is 13.8 Å². The van der Waals surface area contributed by atoms with Gasteiger partial charge in [-0.25, -0.2) is 0 Å². The number of allylic oxidation sites excluding steroid dienone is 3. The lowest BCUT2D eigenvalue weighted by atomic mass is 9.37. The van der Waals surface area contributed by atoms with E-state index in [9.17, 15) is 14.7 Å². The predicted octanol–water partition coefficient (Wildman–Crippen LogP) is 5.00. The van der Waals surface area contributed by atoms with Crippen molar-refractivity contribution in [3.05, 3.63) is 23.8 Å². The Bertz CT molecular complexity index is 1170. The standard InChI is InChI=1S/C33H48O7/c1-17(34)38-25-15-23-29(2,3)24(36)12-13-31(23,6)26-20(35)16-32(7)19(10-11-22(32)33(25,26)8)18-14-21(39-28(18)37-9)27-30(4,5)40-27/h11-13,18-21,23,25-28,35H,10,14-16H2,1-9H3. The molecule has 0 aromatic rings. The number of hydrogen-bond acceptors (Lipinski definition) is 7. The van der Waals surface area contributed by atoms with Crippen LogP contribution in [-0.4, -0.2) is 60.3 Å². The van der Waals surface area contributed by atoms with Crippen LogP contribution in [0.1, 0.15) is 81.1 Å². The van der Waals surface area contributed by atoms with Gasteiger partial charge in [0.2, 0.25) is 0 Å². The molecule has 2 heterocycles. The number of carbonyl (C=O) groups excluding carboxylic acids is 2. The smallest absolute Gasteiger partial charge is 0.302 e. The van der Waals surface area contributed by atoms with Gasteiger partial charge in [0.15, 0.2) is 12.1 Å². The quantitative estimate of drug-likeness (QED) is 0.296. The van der Waals surface area contributed by atoms with Crippen molar-refractivity contribution in [3.63, 3.8) is 0 Å². The highest BCUT2D eigenvalue weighted by Crippen LogP contribution is 2.73. The van der Waals surface area contributed by atoms with Crippen molar-refractivity contribution >= 4 is 11.8 Å². The van der Waals surface area contributed by atoms with Crippen molar-refractivity contribution in [1.82, 2.24) is 0 Å². The van der Waals surface area contributed by atoms with E-state index < -0.39 is 28.5 Å². The Balaban J connectivity index is 1.40. The Morgan fingerprint density at radius 2 is 1.77 bits per heavy atom. The lowest BCUT2D eigenvalue weighted by Crippen LogP contribution is -2.68. The second-order valence-electron chi connectivity index (χ2n) is 15.4. The summed E-state index contributed by atoms with van der Waals surface area (Å²) in [6.45, 7) is 16.4. The summed E-state index contributed by atoms with van der Waals surface area (Å²) in [5.74, 6) is -0.0996. The summed E-state index contributed by atoms with van der Waals surface area (Å²) < 4.78 is 24.5. The van der Waals surface area contributed by atoms with Crippen molar-refractivity contribution < 1.29 is 33.6 Å². The second kappa shape index (κ2) is 8.75. The molecule has 0 amide bonds. The van der Waals surface area contributed by atoms with E-state index >= 15 is 0 Å². The summed E-state index contributed by atoms with van der Waals surface area (Å²) in [5, 5.41) is 12.2. The molecule has 6 aliphatic rings. The van der Waals surface area contributed by atoms with E-state index in [1.165, 1.54) is 12.5 Å². The first kappa shape index (κ1) is 28.6. The van der Waals surface area contributed by atoms with Crippen LogP contribution in [0.15, 0.2) is 23.8 Å². The normalized spacial score (nSPS) is 51.9. The monoisotopic (exact) mass is 556 g/mol. The molecule has 1 N–H and O–H groups in total. The minimum absolute atomic E-state index is 0.00950. The van der Waals surface area contributed by atoms with Crippen molar-refractivity contribution in [2.24, 2.45) is 45.3 Å². The van der Waals surface area contributed by atoms with Crippen LogP contribution in [-0.2, 0) is 28.5 Å². The van der Waals surface area contributed by atoms with Gasteiger partial charge in [0.25, 0.3) is 0 Å². The number of hydrogen-bond donors (Lipinski definition) is 1. The van der Waals surface area contributed by atoms with Gasteiger partial charge in [-0.15, -0.1) is 0 Å². The largest absolute Gasteiger partial charge is 0.462 e. The van der Waals surface area contributed by atoms with Crippen molar-refractivity contribution in [2.45, 2.75) is 117 Å². The molecule has 12 unspecified atom stereocenters. The molecule has 2 saturated heterocycles. The fraction of sp³-hybridized carbons (Fsp3) is 0.818. The molecule has 4 fully saturated rings. The Kier molecular flexibility index (Phi) is 6.25. The lowest BCUT2D eigenvalue weighted by molar-refractivity contribution is -0.212. The van der Waals surface area contributed by atoms with Gasteiger partial charge < -0.3 is 24.1 Å². The van der Waals surface area contributed by atoms with E-state index in [0.717, 1.165) is 12.8 Å². The zero-order valence-corrected chi connectivity index (χ0v) is 25.7. The van der Waals surface area contributed by atoms with Gasteiger partial charge in [-0.3, -0.25) is 9.59 Å². The van der Waals surface area contributed by atoms with Gasteiger partial charge in [0.1, 0.15) is 12.2 Å². The third-order valence-electron chi connectivity index (χ3n) is 12.5. The number of aliphatic hydroxyl groups excluding tert-OH is 1. The number of aliphatic hydroxyl groups is 1. The van der Waals surface area contributed by atoms with Gasteiger partial charge >= 0.3 is 5.97 Å². The third-order valence-corrected chi connectivity index (χ3v) is 12.5. The predicted molar refractivity (Wildman–Crippen MR) is 149 cm³/mol. The van der Waals surface area contributed by atoms with Crippen LogP contribution >= 0.6 is 0 Å². The number of fused-ring (bicyclic) bond motifs is 5. The number of ether oxygens (including phenoxy) is 4. The molecule has 0 bridgehead atoms. The molecule has 40 heavy (non-hydrogen) atoms. The Labute approximate surface area is 239 Å². The summed E-state index contributed by atoms with van der Waals surface area (Å²) >= 11 is 0. The zero-order chi connectivity index (χ0) is 29.2. The molecule has 2 saturated carbocycles.